The molecule has 5 heteroatoms. The lowest BCUT2D eigenvalue weighted by molar-refractivity contribution is 0.0954. The van der Waals surface area contributed by atoms with Gasteiger partial charge in [0.15, 0.2) is 0 Å². The summed E-state index contributed by atoms with van der Waals surface area (Å²) in [5, 5.41) is 8.43. The van der Waals surface area contributed by atoms with Gasteiger partial charge in [0.05, 0.1) is 11.1 Å². The van der Waals surface area contributed by atoms with Crippen molar-refractivity contribution in [3.05, 3.63) is 53.5 Å². The van der Waals surface area contributed by atoms with Crippen LogP contribution < -0.4 is 5.32 Å². The van der Waals surface area contributed by atoms with E-state index >= 15 is 0 Å². The van der Waals surface area contributed by atoms with Gasteiger partial charge in [0.25, 0.3) is 5.91 Å². The van der Waals surface area contributed by atoms with Crippen LogP contribution in [-0.4, -0.2) is 27.2 Å². The van der Waals surface area contributed by atoms with E-state index in [2.05, 4.69) is 28.4 Å². The minimum atomic E-state index is -0.00212. The molecule has 25 heavy (non-hydrogen) atoms. The number of nitrogens with one attached hydrogen (secondary N) is 2. The van der Waals surface area contributed by atoms with Gasteiger partial charge in [0.1, 0.15) is 0 Å². The lowest BCUT2D eigenvalue weighted by Crippen LogP contribution is -2.25. The van der Waals surface area contributed by atoms with E-state index in [0.29, 0.717) is 12.5 Å². The van der Waals surface area contributed by atoms with Gasteiger partial charge in [-0.05, 0) is 49.3 Å². The number of para-hydroxylation sites is 1. The number of aryl methyl sites for hydroxylation is 2. The first-order valence-corrected chi connectivity index (χ1v) is 9.10. The summed E-state index contributed by atoms with van der Waals surface area (Å²) in [6, 6.07) is 7.95. The Kier molecular flexibility index (Phi) is 4.30. The molecule has 0 fully saturated rings. The van der Waals surface area contributed by atoms with Crippen LogP contribution in [0.15, 0.2) is 36.7 Å². The van der Waals surface area contributed by atoms with Gasteiger partial charge >= 0.3 is 0 Å². The first-order valence-electron chi connectivity index (χ1n) is 9.10. The SMILES string of the molecule is C[C@H]1CCc2[nH]c3c(C(=O)NCCCn4cccn4)cccc3c2C1. The molecule has 1 aliphatic rings. The quantitative estimate of drug-likeness (QED) is 0.702. The first kappa shape index (κ1) is 15.9. The summed E-state index contributed by atoms with van der Waals surface area (Å²) in [7, 11) is 0. The van der Waals surface area contributed by atoms with Crippen molar-refractivity contribution in [3.63, 3.8) is 0 Å². The topological polar surface area (TPSA) is 62.7 Å². The zero-order chi connectivity index (χ0) is 17.2. The minimum absolute atomic E-state index is 0.00212. The average Bonchev–Trinajstić information content (AvgIpc) is 3.25. The molecule has 0 saturated carbocycles. The molecule has 0 spiro atoms. The Hall–Kier alpha value is -2.56. The Morgan fingerprint density at radius 3 is 3.16 bits per heavy atom. The highest BCUT2D eigenvalue weighted by molar-refractivity contribution is 6.06. The molecule has 0 bridgehead atoms. The van der Waals surface area contributed by atoms with Crippen LogP contribution in [0.3, 0.4) is 0 Å². The molecule has 0 aliphatic heterocycles. The minimum Gasteiger partial charge on any atom is -0.358 e. The van der Waals surface area contributed by atoms with Crippen LogP contribution in [0, 0.1) is 5.92 Å². The molecular weight excluding hydrogens is 312 g/mol. The summed E-state index contributed by atoms with van der Waals surface area (Å²) >= 11 is 0. The standard InChI is InChI=1S/C20H24N4O/c1-14-7-8-18-17(13-14)15-5-2-6-16(19(15)23-18)20(25)21-9-3-11-24-12-4-10-22-24/h2,4-6,10,12,14,23H,3,7-9,11,13H2,1H3,(H,21,25)/t14-/m0/s1. The number of hydrogen-bond donors (Lipinski definition) is 2. The number of rotatable bonds is 5. The molecule has 130 valence electrons. The normalized spacial score (nSPS) is 16.8. The number of hydrogen-bond acceptors (Lipinski definition) is 2. The number of nitrogens with zero attached hydrogens (tertiary/aromatic N) is 2. The number of aromatic amines is 1. The van der Waals surface area contributed by atoms with Crippen LogP contribution in [0.4, 0.5) is 0 Å². The Morgan fingerprint density at radius 2 is 2.32 bits per heavy atom. The second-order valence-corrected chi connectivity index (χ2v) is 7.04. The summed E-state index contributed by atoms with van der Waals surface area (Å²) in [6.07, 6.45) is 7.97. The molecule has 0 radical (unpaired) electrons. The Bertz CT molecular complexity index is 879. The van der Waals surface area contributed by atoms with E-state index in [0.717, 1.165) is 36.9 Å². The molecule has 2 aromatic heterocycles. The van der Waals surface area contributed by atoms with Gasteiger partial charge in [-0.25, -0.2) is 0 Å². The van der Waals surface area contributed by atoms with Crippen molar-refractivity contribution >= 4 is 16.8 Å². The smallest absolute Gasteiger partial charge is 0.253 e. The monoisotopic (exact) mass is 336 g/mol. The molecule has 0 unspecified atom stereocenters. The molecule has 5 nitrogen and oxygen atoms in total. The van der Waals surface area contributed by atoms with Gasteiger partial charge in [0.2, 0.25) is 0 Å². The maximum atomic E-state index is 12.6. The summed E-state index contributed by atoms with van der Waals surface area (Å²) in [5.41, 5.74) is 4.46. The summed E-state index contributed by atoms with van der Waals surface area (Å²) in [4.78, 5) is 16.2. The van der Waals surface area contributed by atoms with Crippen molar-refractivity contribution in [1.29, 1.82) is 0 Å². The largest absolute Gasteiger partial charge is 0.358 e. The lowest BCUT2D eigenvalue weighted by Gasteiger charge is -2.17. The number of carbonyl (C=O) groups is 1. The maximum absolute atomic E-state index is 12.6. The van der Waals surface area contributed by atoms with E-state index < -0.39 is 0 Å². The molecule has 0 saturated heterocycles. The number of aromatic nitrogens is 3. The van der Waals surface area contributed by atoms with Gasteiger partial charge in [-0.2, -0.15) is 5.10 Å². The molecule has 1 aliphatic carbocycles. The van der Waals surface area contributed by atoms with Crippen LogP contribution in [0.5, 0.6) is 0 Å². The van der Waals surface area contributed by atoms with Crippen LogP contribution in [0.1, 0.15) is 41.4 Å². The highest BCUT2D eigenvalue weighted by Crippen LogP contribution is 2.32. The maximum Gasteiger partial charge on any atom is 0.253 e. The number of H-pyrrole nitrogens is 1. The van der Waals surface area contributed by atoms with Crippen LogP contribution in [-0.2, 0) is 19.4 Å². The molecule has 1 atom stereocenters. The Balaban J connectivity index is 1.48. The third-order valence-corrected chi connectivity index (χ3v) is 5.12. The van der Waals surface area contributed by atoms with Gasteiger partial charge in [-0.1, -0.05) is 19.1 Å². The average molecular weight is 336 g/mol. The van der Waals surface area contributed by atoms with Gasteiger partial charge in [-0.3, -0.25) is 9.48 Å². The van der Waals surface area contributed by atoms with Crippen LogP contribution >= 0.6 is 0 Å². The third-order valence-electron chi connectivity index (χ3n) is 5.12. The van der Waals surface area contributed by atoms with E-state index in [9.17, 15) is 4.79 Å². The predicted molar refractivity (Wildman–Crippen MR) is 98.7 cm³/mol. The van der Waals surface area contributed by atoms with Gasteiger partial charge < -0.3 is 10.3 Å². The summed E-state index contributed by atoms with van der Waals surface area (Å²) < 4.78 is 1.88. The zero-order valence-corrected chi connectivity index (χ0v) is 14.6. The molecule has 2 heterocycles. The highest BCUT2D eigenvalue weighted by atomic mass is 16.1. The second kappa shape index (κ2) is 6.75. The number of fused-ring (bicyclic) bond motifs is 3. The van der Waals surface area contributed by atoms with Crippen LogP contribution in [0.2, 0.25) is 0 Å². The molecular formula is C20H24N4O. The van der Waals surface area contributed by atoms with Gasteiger partial charge in [-0.15, -0.1) is 0 Å². The Labute approximate surface area is 147 Å². The first-order chi connectivity index (χ1) is 12.2. The molecule has 2 N–H and O–H groups in total. The van der Waals surface area contributed by atoms with E-state index in [-0.39, 0.29) is 5.91 Å². The van der Waals surface area contributed by atoms with Gasteiger partial charge in [0, 0.05) is 36.6 Å². The number of benzene rings is 1. The molecule has 1 amide bonds. The lowest BCUT2D eigenvalue weighted by atomic mass is 9.87. The van der Waals surface area contributed by atoms with E-state index in [4.69, 9.17) is 0 Å². The van der Waals surface area contributed by atoms with Crippen LogP contribution in [0.25, 0.3) is 10.9 Å². The van der Waals surface area contributed by atoms with Crippen molar-refractivity contribution in [2.24, 2.45) is 5.92 Å². The third kappa shape index (κ3) is 3.18. The fourth-order valence-electron chi connectivity index (χ4n) is 3.78. The van der Waals surface area contributed by atoms with Crippen molar-refractivity contribution in [2.75, 3.05) is 6.54 Å². The van der Waals surface area contributed by atoms with E-state index in [1.807, 2.05) is 29.1 Å². The molecule has 3 aromatic rings. The molecule has 4 rings (SSSR count). The van der Waals surface area contributed by atoms with E-state index in [1.165, 1.54) is 23.1 Å². The fourth-order valence-corrected chi connectivity index (χ4v) is 3.78. The number of amides is 1. The summed E-state index contributed by atoms with van der Waals surface area (Å²) in [6.45, 7) is 3.76. The van der Waals surface area contributed by atoms with Crippen molar-refractivity contribution in [2.45, 2.75) is 39.2 Å². The molecule has 1 aromatic carbocycles. The van der Waals surface area contributed by atoms with E-state index in [1.54, 1.807) is 6.20 Å². The van der Waals surface area contributed by atoms with Crippen molar-refractivity contribution < 1.29 is 4.79 Å². The fraction of sp³-hybridized carbons (Fsp3) is 0.400. The Morgan fingerprint density at radius 1 is 1.40 bits per heavy atom. The number of carbonyl (C=O) groups excluding carboxylic acids is 1. The zero-order valence-electron chi connectivity index (χ0n) is 14.6. The van der Waals surface area contributed by atoms with Crippen molar-refractivity contribution in [3.8, 4) is 0 Å². The second-order valence-electron chi connectivity index (χ2n) is 7.04. The van der Waals surface area contributed by atoms with Crippen molar-refractivity contribution in [1.82, 2.24) is 20.1 Å². The predicted octanol–water partition coefficient (Wildman–Crippen LogP) is 3.31. The summed E-state index contributed by atoms with van der Waals surface area (Å²) in [5.74, 6) is 0.712. The highest BCUT2D eigenvalue weighted by Gasteiger charge is 2.22.